The molecule has 3 aliphatic rings. The van der Waals surface area contributed by atoms with Gasteiger partial charge >= 0.3 is 0 Å². The molecule has 3 unspecified atom stereocenters. The van der Waals surface area contributed by atoms with Crippen LogP contribution in [0.4, 0.5) is 5.69 Å². The van der Waals surface area contributed by atoms with Crippen molar-refractivity contribution < 1.29 is 14.2 Å². The lowest BCUT2D eigenvalue weighted by molar-refractivity contribution is -0.171. The first-order valence-electron chi connectivity index (χ1n) is 9.64. The van der Waals surface area contributed by atoms with Gasteiger partial charge in [0.05, 0.1) is 19.8 Å². The summed E-state index contributed by atoms with van der Waals surface area (Å²) >= 11 is 0. The van der Waals surface area contributed by atoms with Crippen LogP contribution in [0, 0.1) is 11.3 Å². The number of halogens is 1. The van der Waals surface area contributed by atoms with Crippen molar-refractivity contribution in [3.63, 3.8) is 0 Å². The Morgan fingerprint density at radius 2 is 2.15 bits per heavy atom. The van der Waals surface area contributed by atoms with E-state index >= 15 is 0 Å². The molecule has 6 nitrogen and oxygen atoms in total. The lowest BCUT2D eigenvalue weighted by atomic mass is 9.46. The molecular weight excluding hydrogens is 457 g/mol. The van der Waals surface area contributed by atoms with Crippen molar-refractivity contribution in [2.75, 3.05) is 32.7 Å². The molecular formula is C20H30IN3O3. The van der Waals surface area contributed by atoms with Gasteiger partial charge in [-0.05, 0) is 38.3 Å². The summed E-state index contributed by atoms with van der Waals surface area (Å²) < 4.78 is 17.0. The Balaban J connectivity index is 0.00000210. The van der Waals surface area contributed by atoms with Crippen molar-refractivity contribution in [3.05, 3.63) is 18.2 Å². The number of benzene rings is 1. The second-order valence-corrected chi connectivity index (χ2v) is 7.45. The van der Waals surface area contributed by atoms with Crippen molar-refractivity contribution in [1.82, 2.24) is 5.32 Å². The van der Waals surface area contributed by atoms with E-state index in [0.29, 0.717) is 30.1 Å². The summed E-state index contributed by atoms with van der Waals surface area (Å²) in [5.74, 6) is 2.89. The van der Waals surface area contributed by atoms with Crippen molar-refractivity contribution in [3.8, 4) is 11.5 Å². The predicted octanol–water partition coefficient (Wildman–Crippen LogP) is 3.66. The molecule has 1 aliphatic heterocycles. The highest BCUT2D eigenvalue weighted by Crippen LogP contribution is 2.62. The van der Waals surface area contributed by atoms with Gasteiger partial charge in [0, 0.05) is 42.8 Å². The van der Waals surface area contributed by atoms with Gasteiger partial charge in [0.15, 0.2) is 17.5 Å². The summed E-state index contributed by atoms with van der Waals surface area (Å²) in [6.45, 7) is 3.48. The number of aliphatic imine (C=N–C) groups is 1. The molecule has 4 rings (SSSR count). The topological polar surface area (TPSA) is 64.1 Å². The summed E-state index contributed by atoms with van der Waals surface area (Å²) in [5.41, 5.74) is 1.26. The smallest absolute Gasteiger partial charge is 0.195 e. The quantitative estimate of drug-likeness (QED) is 0.377. The van der Waals surface area contributed by atoms with Gasteiger partial charge in [-0.15, -0.1) is 24.0 Å². The van der Waals surface area contributed by atoms with E-state index in [0.717, 1.165) is 36.2 Å². The minimum Gasteiger partial charge on any atom is -0.493 e. The van der Waals surface area contributed by atoms with Gasteiger partial charge < -0.3 is 24.8 Å². The molecule has 2 saturated carbocycles. The maximum atomic E-state index is 6.01. The Morgan fingerprint density at radius 1 is 1.33 bits per heavy atom. The van der Waals surface area contributed by atoms with Crippen LogP contribution in [0.1, 0.15) is 32.6 Å². The van der Waals surface area contributed by atoms with Crippen LogP contribution < -0.4 is 20.1 Å². The highest BCUT2D eigenvalue weighted by atomic mass is 127. The molecule has 0 aromatic heterocycles. The standard InChI is InChI=1S/C20H29N3O3.HI/c1-4-25-15-7-6-13(12-16(15)24-3)22-19(21-2)23-17-14-8-11-26-18(14)20(17)9-5-10-20;/h6-7,12,14,17-18H,4-5,8-11H2,1-3H3,(H2,21,22,23);1H. The first-order valence-corrected chi connectivity index (χ1v) is 9.64. The molecule has 2 N–H and O–H groups in total. The third-order valence-electron chi connectivity index (χ3n) is 6.28. The van der Waals surface area contributed by atoms with Crippen molar-refractivity contribution >= 4 is 35.6 Å². The molecule has 1 aromatic rings. The number of guanidine groups is 1. The first-order chi connectivity index (χ1) is 12.7. The van der Waals surface area contributed by atoms with Crippen molar-refractivity contribution in [1.29, 1.82) is 0 Å². The van der Waals surface area contributed by atoms with E-state index < -0.39 is 0 Å². The largest absolute Gasteiger partial charge is 0.493 e. The van der Waals surface area contributed by atoms with Gasteiger partial charge in [-0.2, -0.15) is 0 Å². The number of anilines is 1. The Morgan fingerprint density at radius 3 is 2.78 bits per heavy atom. The number of nitrogens with zero attached hydrogens (tertiary/aromatic N) is 1. The maximum absolute atomic E-state index is 6.01. The number of fused-ring (bicyclic) bond motifs is 2. The van der Waals surface area contributed by atoms with Crippen LogP contribution >= 0.6 is 24.0 Å². The molecule has 7 heteroatoms. The zero-order valence-corrected chi connectivity index (χ0v) is 18.6. The number of hydrogen-bond donors (Lipinski definition) is 2. The number of methoxy groups -OCH3 is 1. The van der Waals surface area contributed by atoms with Gasteiger partial charge in [0.2, 0.25) is 0 Å². The van der Waals surface area contributed by atoms with E-state index in [2.05, 4.69) is 15.6 Å². The molecule has 0 bridgehead atoms. The van der Waals surface area contributed by atoms with E-state index in [4.69, 9.17) is 14.2 Å². The first kappa shape index (κ1) is 20.5. The maximum Gasteiger partial charge on any atom is 0.195 e. The fraction of sp³-hybridized carbons (Fsp3) is 0.650. The third kappa shape index (κ3) is 3.48. The molecule has 3 atom stereocenters. The minimum atomic E-state index is 0. The number of ether oxygens (including phenoxy) is 3. The average Bonchev–Trinajstić information content (AvgIpc) is 3.03. The van der Waals surface area contributed by atoms with E-state index in [1.807, 2.05) is 32.2 Å². The average molecular weight is 487 g/mol. The summed E-state index contributed by atoms with van der Waals surface area (Å²) in [4.78, 5) is 4.44. The fourth-order valence-electron chi connectivity index (χ4n) is 4.92. The molecule has 27 heavy (non-hydrogen) atoms. The van der Waals surface area contributed by atoms with E-state index in [1.165, 1.54) is 19.3 Å². The van der Waals surface area contributed by atoms with Crippen LogP contribution in [0.25, 0.3) is 0 Å². The summed E-state index contributed by atoms with van der Waals surface area (Å²) in [7, 11) is 3.47. The number of rotatable bonds is 5. The summed E-state index contributed by atoms with van der Waals surface area (Å²) in [5, 5.41) is 7.08. The van der Waals surface area contributed by atoms with Crippen molar-refractivity contribution in [2.45, 2.75) is 44.8 Å². The van der Waals surface area contributed by atoms with Crippen LogP contribution in [-0.4, -0.2) is 45.5 Å². The Labute approximate surface area is 178 Å². The van der Waals surface area contributed by atoms with Gasteiger partial charge in [-0.25, -0.2) is 0 Å². The van der Waals surface area contributed by atoms with Gasteiger partial charge in [0.1, 0.15) is 0 Å². The Hall–Kier alpha value is -1.22. The fourth-order valence-corrected chi connectivity index (χ4v) is 4.92. The van der Waals surface area contributed by atoms with Crippen LogP contribution in [0.3, 0.4) is 0 Å². The van der Waals surface area contributed by atoms with Crippen LogP contribution in [0.2, 0.25) is 0 Å². The highest BCUT2D eigenvalue weighted by Gasteiger charge is 2.66. The highest BCUT2D eigenvalue weighted by molar-refractivity contribution is 14.0. The van der Waals surface area contributed by atoms with Crippen LogP contribution in [-0.2, 0) is 4.74 Å². The van der Waals surface area contributed by atoms with Gasteiger partial charge in [-0.3, -0.25) is 4.99 Å². The molecule has 3 fully saturated rings. The Bertz CT molecular complexity index is 693. The minimum absolute atomic E-state index is 0. The van der Waals surface area contributed by atoms with Crippen LogP contribution in [0.15, 0.2) is 23.2 Å². The third-order valence-corrected chi connectivity index (χ3v) is 6.28. The van der Waals surface area contributed by atoms with Crippen LogP contribution in [0.5, 0.6) is 11.5 Å². The monoisotopic (exact) mass is 487 g/mol. The molecule has 1 spiro atoms. The van der Waals surface area contributed by atoms with Gasteiger partial charge in [-0.1, -0.05) is 6.42 Å². The lowest BCUT2D eigenvalue weighted by Crippen LogP contribution is -2.72. The predicted molar refractivity (Wildman–Crippen MR) is 118 cm³/mol. The van der Waals surface area contributed by atoms with E-state index in [-0.39, 0.29) is 24.0 Å². The molecule has 0 radical (unpaired) electrons. The van der Waals surface area contributed by atoms with Crippen molar-refractivity contribution in [2.24, 2.45) is 16.3 Å². The van der Waals surface area contributed by atoms with E-state index in [9.17, 15) is 0 Å². The van der Waals surface area contributed by atoms with E-state index in [1.54, 1.807) is 7.11 Å². The number of nitrogens with one attached hydrogen (secondary N) is 2. The second kappa shape index (κ2) is 8.43. The SMILES string of the molecule is CCOc1ccc(NC(=NC)NC2C3CCOC3C23CCC3)cc1OC.I. The summed E-state index contributed by atoms with van der Waals surface area (Å²) in [6, 6.07) is 6.32. The van der Waals surface area contributed by atoms with Gasteiger partial charge in [0.25, 0.3) is 0 Å². The molecule has 1 heterocycles. The lowest BCUT2D eigenvalue weighted by Gasteiger charge is -2.63. The molecule has 2 aliphatic carbocycles. The number of hydrogen-bond acceptors (Lipinski definition) is 4. The molecule has 1 aromatic carbocycles. The normalized spacial score (nSPS) is 27.7. The zero-order chi connectivity index (χ0) is 18.1. The Kier molecular flexibility index (Phi) is 6.40. The summed E-state index contributed by atoms with van der Waals surface area (Å²) in [6.07, 6.45) is 5.45. The second-order valence-electron chi connectivity index (χ2n) is 7.45. The zero-order valence-electron chi connectivity index (χ0n) is 16.3. The molecule has 150 valence electrons. The molecule has 0 amide bonds. The molecule has 1 saturated heterocycles.